The van der Waals surface area contributed by atoms with Crippen LogP contribution in [0.1, 0.15) is 62.9 Å². The molecule has 84 heavy (non-hydrogen) atoms. The summed E-state index contributed by atoms with van der Waals surface area (Å²) in [5, 5.41) is 22.1. The molecule has 28 heteroatoms. The molecular weight excluding hydrogens is 1130 g/mol. The molecule has 5 aromatic rings. The minimum atomic E-state index is -5.27. The second kappa shape index (κ2) is 26.2. The number of hydrogen-bond acceptors (Lipinski definition) is 13. The Labute approximate surface area is 476 Å². The van der Waals surface area contributed by atoms with E-state index in [0.29, 0.717) is 67.8 Å². The number of pyridine rings is 2. The van der Waals surface area contributed by atoms with Crippen LogP contribution in [0.15, 0.2) is 91.5 Å². The number of alkyl halides is 8. The zero-order chi connectivity index (χ0) is 61.5. The lowest BCUT2D eigenvalue weighted by Crippen LogP contribution is -2.62. The predicted octanol–water partition coefficient (Wildman–Crippen LogP) is 7.92. The summed E-state index contributed by atoms with van der Waals surface area (Å²) in [4.78, 5) is 66.7. The number of nitrogens with zero attached hydrogens (tertiary/aromatic N) is 7. The molecule has 452 valence electrons. The van der Waals surface area contributed by atoms with E-state index >= 15 is 8.78 Å². The van der Waals surface area contributed by atoms with Gasteiger partial charge in [-0.3, -0.25) is 15.0 Å². The third kappa shape index (κ3) is 15.3. The molecule has 7 rings (SSSR count). The highest BCUT2D eigenvalue weighted by molar-refractivity contribution is 5.87. The third-order valence-electron chi connectivity index (χ3n) is 14.7. The second-order valence-electron chi connectivity index (χ2n) is 21.5. The highest BCUT2D eigenvalue weighted by atomic mass is 19.4. The molecule has 0 spiro atoms. The minimum Gasteiger partial charge on any atom is -0.453 e. The number of amides is 4. The number of aliphatic hydroxyl groups is 1. The molecule has 4 amide bonds. The molecule has 0 saturated carbocycles. The van der Waals surface area contributed by atoms with E-state index in [1.54, 1.807) is 24.5 Å². The summed E-state index contributed by atoms with van der Waals surface area (Å²) in [6.07, 6.45) is -12.7. The van der Waals surface area contributed by atoms with Crippen molar-refractivity contribution >= 4 is 35.6 Å². The number of benzene rings is 2. The van der Waals surface area contributed by atoms with Crippen molar-refractivity contribution in [3.05, 3.63) is 125 Å². The van der Waals surface area contributed by atoms with E-state index in [0.717, 1.165) is 70.8 Å². The lowest BCUT2D eigenvalue weighted by Gasteiger charge is -2.46. The van der Waals surface area contributed by atoms with Gasteiger partial charge in [-0.05, 0) is 112 Å². The van der Waals surface area contributed by atoms with E-state index in [4.69, 9.17) is 9.72 Å². The summed E-state index contributed by atoms with van der Waals surface area (Å²) in [5.41, 5.74) is -4.37. The van der Waals surface area contributed by atoms with Gasteiger partial charge in [0.2, 0.25) is 5.91 Å². The highest BCUT2D eigenvalue weighted by Gasteiger charge is 2.58. The normalized spacial score (nSPS) is 17.1. The topological polar surface area (TPSA) is 208 Å². The number of rotatable bonds is 19. The van der Waals surface area contributed by atoms with Crippen LogP contribution in [0.2, 0.25) is 0 Å². The van der Waals surface area contributed by atoms with Crippen molar-refractivity contribution < 1.29 is 77.7 Å². The van der Waals surface area contributed by atoms with Gasteiger partial charge in [-0.15, -0.1) is 0 Å². The first-order chi connectivity index (χ1) is 39.5. The second-order valence-corrected chi connectivity index (χ2v) is 21.5. The molecule has 2 fully saturated rings. The SMILES string of the molecule is CNC(=O)O[C@H](C(=O)NN(Cc1c(F)cc(-c2cnn(C(F)F)c2)cc1F)C[C@H](O)[C@H](Cc1ccc(C#Cc2ccc(N3C[C@@H]4C[C@H](CN(c5ccccn5)C4)C3)nc2)cc1)NC(=O)[C@@H](NC(=O)OC)C(C)(C)C(F)(F)F)C(C)(C)C(F)(F)F. The molecule has 2 bridgehead atoms. The molecule has 0 aliphatic carbocycles. The quantitative estimate of drug-likeness (QED) is 0.0303. The number of anilines is 2. The number of carbonyl (C=O) groups is 4. The molecule has 2 aliphatic heterocycles. The van der Waals surface area contributed by atoms with E-state index in [2.05, 4.69) is 41.8 Å². The Morgan fingerprint density at radius 2 is 1.36 bits per heavy atom. The monoisotopic (exact) mass is 1190 g/mol. The van der Waals surface area contributed by atoms with Gasteiger partial charge in [-0.1, -0.05) is 30.0 Å². The maximum Gasteiger partial charge on any atom is 0.407 e. The molecule has 5 N–H and O–H groups in total. The molecule has 0 unspecified atom stereocenters. The van der Waals surface area contributed by atoms with Gasteiger partial charge in [-0.2, -0.15) is 40.2 Å². The van der Waals surface area contributed by atoms with E-state index in [1.165, 1.54) is 12.1 Å². The van der Waals surface area contributed by atoms with Crippen molar-refractivity contribution in [3.63, 3.8) is 0 Å². The fourth-order valence-electron chi connectivity index (χ4n) is 9.69. The number of piperidine rings is 2. The summed E-state index contributed by atoms with van der Waals surface area (Å²) < 4.78 is 156. The number of aromatic nitrogens is 4. The Morgan fingerprint density at radius 1 is 0.762 bits per heavy atom. The fourth-order valence-corrected chi connectivity index (χ4v) is 9.69. The Hall–Kier alpha value is -8.19. The van der Waals surface area contributed by atoms with Gasteiger partial charge in [0.05, 0.1) is 30.9 Å². The van der Waals surface area contributed by atoms with Gasteiger partial charge >= 0.3 is 31.1 Å². The molecule has 6 atom stereocenters. The van der Waals surface area contributed by atoms with E-state index in [1.807, 2.05) is 46.4 Å². The largest absolute Gasteiger partial charge is 0.453 e. The molecule has 3 aromatic heterocycles. The third-order valence-corrected chi connectivity index (χ3v) is 14.7. The number of ether oxygens (including phenoxy) is 2. The van der Waals surface area contributed by atoms with Crippen molar-refractivity contribution in [2.24, 2.45) is 22.7 Å². The molecule has 0 radical (unpaired) electrons. The van der Waals surface area contributed by atoms with Crippen LogP contribution in [-0.4, -0.2) is 137 Å². The van der Waals surface area contributed by atoms with Crippen LogP contribution in [-0.2, 0) is 32.0 Å². The van der Waals surface area contributed by atoms with Crippen LogP contribution >= 0.6 is 0 Å². The first kappa shape index (κ1) is 63.4. The van der Waals surface area contributed by atoms with Crippen molar-refractivity contribution in [1.82, 2.24) is 46.1 Å². The zero-order valence-electron chi connectivity index (χ0n) is 46.2. The summed E-state index contributed by atoms with van der Waals surface area (Å²) >= 11 is 0. The molecule has 2 aliphatic rings. The smallest absolute Gasteiger partial charge is 0.407 e. The van der Waals surface area contributed by atoms with E-state index in [9.17, 15) is 59.4 Å². The number of alkyl carbamates (subject to hydrolysis) is 2. The van der Waals surface area contributed by atoms with Crippen molar-refractivity contribution in [1.29, 1.82) is 0 Å². The lowest BCUT2D eigenvalue weighted by molar-refractivity contribution is -0.239. The van der Waals surface area contributed by atoms with Crippen LogP contribution in [0.25, 0.3) is 11.1 Å². The summed E-state index contributed by atoms with van der Waals surface area (Å²) in [6.45, 7) is 0.150. The summed E-state index contributed by atoms with van der Waals surface area (Å²) in [5.74, 6) is 2.50. The Kier molecular flexibility index (Phi) is 19.7. The van der Waals surface area contributed by atoms with Crippen LogP contribution in [0.5, 0.6) is 0 Å². The maximum atomic E-state index is 16.1. The van der Waals surface area contributed by atoms with Gasteiger partial charge in [0.15, 0.2) is 6.10 Å². The summed E-state index contributed by atoms with van der Waals surface area (Å²) in [7, 11) is 1.79. The van der Waals surface area contributed by atoms with Gasteiger partial charge in [0.25, 0.3) is 5.91 Å². The van der Waals surface area contributed by atoms with Crippen LogP contribution < -0.4 is 31.2 Å². The first-order valence-electron chi connectivity index (χ1n) is 26.2. The average Bonchev–Trinajstić information content (AvgIpc) is 2.33. The molecule has 18 nitrogen and oxygen atoms in total. The van der Waals surface area contributed by atoms with Crippen LogP contribution in [0, 0.1) is 46.1 Å². The van der Waals surface area contributed by atoms with Gasteiger partial charge in [-0.25, -0.2) is 38.0 Å². The molecule has 2 saturated heterocycles. The predicted molar refractivity (Wildman–Crippen MR) is 284 cm³/mol. The zero-order valence-corrected chi connectivity index (χ0v) is 46.2. The summed E-state index contributed by atoms with van der Waals surface area (Å²) in [6, 6.07) is 12.8. The lowest BCUT2D eigenvalue weighted by atomic mass is 9.82. The number of fused-ring (bicyclic) bond motifs is 2. The van der Waals surface area contributed by atoms with Crippen LogP contribution in [0.4, 0.5) is 65.1 Å². The van der Waals surface area contributed by atoms with Gasteiger partial charge in [0, 0.05) is 87.2 Å². The Bertz CT molecular complexity index is 3140. The Morgan fingerprint density at radius 3 is 1.88 bits per heavy atom. The van der Waals surface area contributed by atoms with Gasteiger partial charge < -0.3 is 40.3 Å². The number of hydrogen-bond donors (Lipinski definition) is 5. The van der Waals surface area contributed by atoms with E-state index in [-0.39, 0.29) is 21.4 Å². The number of nitrogens with one attached hydrogen (secondary N) is 4. The first-order valence-corrected chi connectivity index (χ1v) is 26.2. The molecule has 5 heterocycles. The average molecular weight is 1190 g/mol. The molecular formula is C56H61F10N11O7. The van der Waals surface area contributed by atoms with Gasteiger partial charge in [0.1, 0.15) is 34.7 Å². The minimum absolute atomic E-state index is 0.177. The maximum absolute atomic E-state index is 16.1. The number of halogens is 10. The Balaban J connectivity index is 1.17. The standard InChI is InChI=1S/C56H61F10N11O7/c1-53(2,55(61,62)63)46(72-52(82)83-6)48(79)71-42(20-33-13-10-32(11-14-33)12-15-34-16-17-45(69-23-34)75-27-35-19-36(28-75)26-74(25-35)44-9-7-8-18-68-44)43(78)31-76(73-49(80)47(84-51(81)67-5)54(3,4)56(64,65)66)30-39-40(57)21-37(22-41(39)58)38-24-70-77(29-38)50(59)60/h7-11,13-14,16-18,21-24,29,35-36,42-43,46-47,50,78H,19-20,25-28,30-31H2,1-6H3,(H,67,81)(H,71,79)(H,72,82)(H,73,80)/t35-,36-,42+,43+,46-,47-/m1/s1. The number of hydrazine groups is 1. The molecule has 2 aromatic carbocycles. The van der Waals surface area contributed by atoms with Crippen molar-refractivity contribution in [2.45, 2.75) is 90.3 Å². The van der Waals surface area contributed by atoms with Crippen LogP contribution in [0.3, 0.4) is 0 Å². The van der Waals surface area contributed by atoms with Crippen molar-refractivity contribution in [2.75, 3.05) is 56.7 Å². The van der Waals surface area contributed by atoms with E-state index < -0.39 is 115 Å². The number of carbonyl (C=O) groups excluding carboxylic acids is 4. The number of aliphatic hydroxyl groups excluding tert-OH is 1. The van der Waals surface area contributed by atoms with Crippen molar-refractivity contribution in [3.8, 4) is 23.0 Å². The highest BCUT2D eigenvalue weighted by Crippen LogP contribution is 2.43. The fraction of sp³-hybridized carbons (Fsp3) is 0.446. The number of methoxy groups -OCH3 is 1.